The van der Waals surface area contributed by atoms with Gasteiger partial charge in [-0.05, 0) is 42.0 Å². The fraction of sp³-hybridized carbons (Fsp3) is 0.500. The SMILES string of the molecule is CCCCCCCCCCOc1ccc(/C=C2/SC(=O)NC2=N)cc1. The molecule has 136 valence electrons. The van der Waals surface area contributed by atoms with Crippen molar-refractivity contribution in [2.75, 3.05) is 6.61 Å². The van der Waals surface area contributed by atoms with E-state index in [-0.39, 0.29) is 11.1 Å². The summed E-state index contributed by atoms with van der Waals surface area (Å²) in [5.74, 6) is 1.04. The Labute approximate surface area is 154 Å². The highest BCUT2D eigenvalue weighted by atomic mass is 32.2. The Balaban J connectivity index is 1.63. The number of benzene rings is 1. The fourth-order valence-corrected chi connectivity index (χ4v) is 3.38. The lowest BCUT2D eigenvalue weighted by atomic mass is 10.1. The van der Waals surface area contributed by atoms with Crippen molar-refractivity contribution < 1.29 is 9.53 Å². The Kier molecular flexibility index (Phi) is 8.60. The monoisotopic (exact) mass is 360 g/mol. The highest BCUT2D eigenvalue weighted by Crippen LogP contribution is 2.26. The maximum Gasteiger partial charge on any atom is 0.289 e. The smallest absolute Gasteiger partial charge is 0.289 e. The molecule has 0 bridgehead atoms. The Hall–Kier alpha value is -1.75. The van der Waals surface area contributed by atoms with Crippen LogP contribution in [0, 0.1) is 5.41 Å². The largest absolute Gasteiger partial charge is 0.494 e. The molecule has 0 atom stereocenters. The minimum atomic E-state index is -0.193. The van der Waals surface area contributed by atoms with Gasteiger partial charge in [0, 0.05) is 0 Å². The fourth-order valence-electron chi connectivity index (χ4n) is 2.68. The number of amides is 1. The number of carbonyl (C=O) groups excluding carboxylic acids is 1. The van der Waals surface area contributed by atoms with Crippen molar-refractivity contribution in [1.29, 1.82) is 5.41 Å². The van der Waals surface area contributed by atoms with E-state index in [4.69, 9.17) is 10.1 Å². The van der Waals surface area contributed by atoms with Crippen LogP contribution in [0.2, 0.25) is 0 Å². The zero-order chi connectivity index (χ0) is 17.9. The summed E-state index contributed by atoms with van der Waals surface area (Å²) in [5.41, 5.74) is 0.961. The predicted octanol–water partition coefficient (Wildman–Crippen LogP) is 5.98. The molecule has 5 heteroatoms. The summed E-state index contributed by atoms with van der Waals surface area (Å²) >= 11 is 1.06. The molecule has 1 aromatic carbocycles. The molecule has 0 radical (unpaired) electrons. The number of carbonyl (C=O) groups is 1. The third-order valence-electron chi connectivity index (χ3n) is 4.12. The summed E-state index contributed by atoms with van der Waals surface area (Å²) in [6.45, 7) is 3.01. The number of rotatable bonds is 11. The van der Waals surface area contributed by atoms with Gasteiger partial charge in [-0.2, -0.15) is 0 Å². The van der Waals surface area contributed by atoms with Crippen LogP contribution >= 0.6 is 11.8 Å². The molecule has 1 aliphatic heterocycles. The van der Waals surface area contributed by atoms with Crippen LogP contribution < -0.4 is 10.1 Å². The summed E-state index contributed by atoms with van der Waals surface area (Å²) in [6.07, 6.45) is 12.2. The Morgan fingerprint density at radius 2 is 1.68 bits per heavy atom. The lowest BCUT2D eigenvalue weighted by Gasteiger charge is -2.06. The van der Waals surface area contributed by atoms with Crippen LogP contribution in [0.5, 0.6) is 5.75 Å². The number of hydrogen-bond acceptors (Lipinski definition) is 4. The van der Waals surface area contributed by atoms with Gasteiger partial charge in [-0.25, -0.2) is 0 Å². The van der Waals surface area contributed by atoms with Crippen molar-refractivity contribution in [3.8, 4) is 5.75 Å². The molecule has 1 amide bonds. The highest BCUT2D eigenvalue weighted by Gasteiger charge is 2.21. The number of amidine groups is 1. The number of ether oxygens (including phenoxy) is 1. The van der Waals surface area contributed by atoms with Crippen molar-refractivity contribution in [3.05, 3.63) is 34.7 Å². The standard InChI is InChI=1S/C20H28N2O2S/c1-2-3-4-5-6-7-8-9-14-24-17-12-10-16(11-13-17)15-18-19(21)22-20(23)25-18/h10-13,15H,2-9,14H2,1H3,(H2,21,22,23)/b18-15+. The van der Waals surface area contributed by atoms with Crippen LogP contribution in [0.1, 0.15) is 63.9 Å². The molecule has 0 aliphatic carbocycles. The van der Waals surface area contributed by atoms with Crippen LogP contribution in [-0.4, -0.2) is 17.7 Å². The van der Waals surface area contributed by atoms with Gasteiger partial charge in [0.15, 0.2) is 0 Å². The molecule has 1 aliphatic rings. The van der Waals surface area contributed by atoms with Gasteiger partial charge in [0.1, 0.15) is 11.6 Å². The molecule has 0 aromatic heterocycles. The third-order valence-corrected chi connectivity index (χ3v) is 4.95. The minimum Gasteiger partial charge on any atom is -0.494 e. The molecule has 0 saturated carbocycles. The summed E-state index contributed by atoms with van der Waals surface area (Å²) in [5, 5.41) is 9.95. The minimum absolute atomic E-state index is 0.171. The van der Waals surface area contributed by atoms with Gasteiger partial charge in [-0.1, -0.05) is 64.0 Å². The van der Waals surface area contributed by atoms with Crippen LogP contribution in [-0.2, 0) is 0 Å². The van der Waals surface area contributed by atoms with E-state index in [0.717, 1.165) is 36.1 Å². The molecule has 25 heavy (non-hydrogen) atoms. The van der Waals surface area contributed by atoms with Gasteiger partial charge in [0.2, 0.25) is 0 Å². The van der Waals surface area contributed by atoms with E-state index >= 15 is 0 Å². The average molecular weight is 361 g/mol. The number of thioether (sulfide) groups is 1. The first kappa shape index (κ1) is 19.6. The van der Waals surface area contributed by atoms with Crippen molar-refractivity contribution in [3.63, 3.8) is 0 Å². The molecular formula is C20H28N2O2S. The molecule has 0 unspecified atom stereocenters. The number of hydrogen-bond donors (Lipinski definition) is 2. The summed E-state index contributed by atoms with van der Waals surface area (Å²) in [7, 11) is 0. The summed E-state index contributed by atoms with van der Waals surface area (Å²) in [4.78, 5) is 11.9. The normalized spacial score (nSPS) is 15.6. The van der Waals surface area contributed by atoms with Crippen LogP contribution in [0.3, 0.4) is 0 Å². The first-order valence-corrected chi connectivity index (χ1v) is 10.0. The molecule has 2 N–H and O–H groups in total. The maximum absolute atomic E-state index is 11.2. The summed E-state index contributed by atoms with van der Waals surface area (Å²) < 4.78 is 5.78. The second-order valence-electron chi connectivity index (χ2n) is 6.29. The quantitative estimate of drug-likeness (QED) is 0.477. The average Bonchev–Trinajstić information content (AvgIpc) is 2.92. The Morgan fingerprint density at radius 3 is 2.28 bits per heavy atom. The van der Waals surface area contributed by atoms with E-state index in [9.17, 15) is 4.79 Å². The summed E-state index contributed by atoms with van der Waals surface area (Å²) in [6, 6.07) is 7.78. The molecule has 1 fully saturated rings. The second-order valence-corrected chi connectivity index (χ2v) is 7.31. The first-order chi connectivity index (χ1) is 12.2. The van der Waals surface area contributed by atoms with Crippen molar-refractivity contribution in [1.82, 2.24) is 5.32 Å². The van der Waals surface area contributed by atoms with E-state index in [1.807, 2.05) is 30.3 Å². The van der Waals surface area contributed by atoms with Gasteiger partial charge in [0.05, 0.1) is 11.5 Å². The lowest BCUT2D eigenvalue weighted by molar-refractivity contribution is 0.265. The van der Waals surface area contributed by atoms with Crippen molar-refractivity contribution in [2.24, 2.45) is 0 Å². The van der Waals surface area contributed by atoms with Gasteiger partial charge in [-0.3, -0.25) is 10.2 Å². The van der Waals surface area contributed by atoms with E-state index in [2.05, 4.69) is 12.2 Å². The molecule has 4 nitrogen and oxygen atoms in total. The number of unbranched alkanes of at least 4 members (excludes halogenated alkanes) is 7. The van der Waals surface area contributed by atoms with E-state index in [1.54, 1.807) is 0 Å². The zero-order valence-electron chi connectivity index (χ0n) is 15.0. The highest BCUT2D eigenvalue weighted by molar-refractivity contribution is 8.18. The molecule has 1 heterocycles. The van der Waals surface area contributed by atoms with Gasteiger partial charge < -0.3 is 10.1 Å². The van der Waals surface area contributed by atoms with Crippen LogP contribution in [0.4, 0.5) is 4.79 Å². The zero-order valence-corrected chi connectivity index (χ0v) is 15.8. The van der Waals surface area contributed by atoms with Crippen LogP contribution in [0.15, 0.2) is 29.2 Å². The maximum atomic E-state index is 11.2. The molecule has 1 aromatic rings. The lowest BCUT2D eigenvalue weighted by Crippen LogP contribution is -2.17. The first-order valence-electron chi connectivity index (χ1n) is 9.21. The van der Waals surface area contributed by atoms with E-state index < -0.39 is 0 Å². The van der Waals surface area contributed by atoms with Crippen molar-refractivity contribution >= 4 is 28.9 Å². The van der Waals surface area contributed by atoms with Gasteiger partial charge in [0.25, 0.3) is 5.24 Å². The topological polar surface area (TPSA) is 62.2 Å². The van der Waals surface area contributed by atoms with E-state index in [0.29, 0.717) is 4.91 Å². The molecule has 1 saturated heterocycles. The van der Waals surface area contributed by atoms with Gasteiger partial charge >= 0.3 is 0 Å². The second kappa shape index (κ2) is 11.0. The van der Waals surface area contributed by atoms with E-state index in [1.165, 1.54) is 44.9 Å². The van der Waals surface area contributed by atoms with Crippen LogP contribution in [0.25, 0.3) is 6.08 Å². The number of nitrogens with one attached hydrogen (secondary N) is 2. The van der Waals surface area contributed by atoms with Gasteiger partial charge in [-0.15, -0.1) is 0 Å². The molecule has 2 rings (SSSR count). The Bertz CT molecular complexity index is 596. The predicted molar refractivity (Wildman–Crippen MR) is 106 cm³/mol. The molecular weight excluding hydrogens is 332 g/mol. The Morgan fingerprint density at radius 1 is 1.04 bits per heavy atom. The third kappa shape index (κ3) is 7.34. The van der Waals surface area contributed by atoms with Crippen molar-refractivity contribution in [2.45, 2.75) is 58.3 Å². The molecule has 0 spiro atoms.